The number of hydrogen-bond acceptors (Lipinski definition) is 9. The van der Waals surface area contributed by atoms with Gasteiger partial charge in [0.1, 0.15) is 15.8 Å². The van der Waals surface area contributed by atoms with Crippen LogP contribution in [0.25, 0.3) is 11.1 Å². The Morgan fingerprint density at radius 2 is 1.90 bits per heavy atom. The topological polar surface area (TPSA) is 147 Å². The number of ether oxygens (including phenoxy) is 1. The van der Waals surface area contributed by atoms with E-state index in [1.165, 1.54) is 18.3 Å². The molecule has 11 nitrogen and oxygen atoms in total. The van der Waals surface area contributed by atoms with E-state index in [1.807, 2.05) is 0 Å². The van der Waals surface area contributed by atoms with Crippen LogP contribution in [0.5, 0.6) is 0 Å². The van der Waals surface area contributed by atoms with Gasteiger partial charge in [0.15, 0.2) is 8.32 Å². The lowest BCUT2D eigenvalue weighted by molar-refractivity contribution is 0.0768. The monoisotopic (exact) mass is 605 g/mol. The summed E-state index contributed by atoms with van der Waals surface area (Å²) in [5, 5.41) is 4.53. The Morgan fingerprint density at radius 1 is 1.18 bits per heavy atom. The highest BCUT2D eigenvalue weighted by Crippen LogP contribution is 2.38. The normalized spacial score (nSPS) is 16.4. The van der Waals surface area contributed by atoms with Crippen molar-refractivity contribution in [2.75, 3.05) is 13.1 Å². The molecule has 0 aliphatic carbocycles. The van der Waals surface area contributed by atoms with Crippen LogP contribution in [-0.2, 0) is 32.7 Å². The smallest absolute Gasteiger partial charge is 0.404 e. The summed E-state index contributed by atoms with van der Waals surface area (Å²) in [5.74, 6) is -0.261. The largest absolute Gasteiger partial charge is 0.442 e. The molecule has 0 saturated carbocycles. The maximum Gasteiger partial charge on any atom is 0.404 e. The summed E-state index contributed by atoms with van der Waals surface area (Å²) >= 11 is 0.873. The molecule has 1 fully saturated rings. The van der Waals surface area contributed by atoms with Crippen LogP contribution >= 0.6 is 11.3 Å². The second kappa shape index (κ2) is 11.1. The quantitative estimate of drug-likeness (QED) is 0.376. The van der Waals surface area contributed by atoms with Gasteiger partial charge in [-0.05, 0) is 48.3 Å². The van der Waals surface area contributed by atoms with Crippen LogP contribution in [0.15, 0.2) is 45.9 Å². The van der Waals surface area contributed by atoms with Crippen molar-refractivity contribution in [1.82, 2.24) is 19.7 Å². The molecular formula is C26H35N5O6S2Si. The van der Waals surface area contributed by atoms with Crippen LogP contribution in [0.3, 0.4) is 0 Å². The Bertz CT molecular complexity index is 1530. The minimum Gasteiger partial charge on any atom is -0.442 e. The number of nitrogens with two attached hydrogens (primary N) is 1. The first-order valence-corrected chi connectivity index (χ1v) is 18.0. The van der Waals surface area contributed by atoms with Gasteiger partial charge in [0.2, 0.25) is 9.84 Å². The number of nitrogens with zero attached hydrogens (tertiary/aromatic N) is 4. The van der Waals surface area contributed by atoms with Gasteiger partial charge in [-0.15, -0.1) is 11.3 Å². The molecule has 4 rings (SSSR count). The first-order chi connectivity index (χ1) is 18.6. The van der Waals surface area contributed by atoms with Gasteiger partial charge in [-0.25, -0.2) is 18.2 Å². The summed E-state index contributed by atoms with van der Waals surface area (Å²) in [4.78, 5) is 30.4. The third-order valence-electron chi connectivity index (χ3n) is 7.34. The van der Waals surface area contributed by atoms with E-state index in [1.54, 1.807) is 35.1 Å². The fraction of sp³-hybridized carbons (Fsp3) is 0.462. The number of aryl methyl sites for hydroxylation is 1. The number of likely N-dealkylation sites (tertiary alicyclic amines) is 1. The number of rotatable bonds is 8. The average Bonchev–Trinajstić information content (AvgIpc) is 3.62. The molecule has 1 aromatic carbocycles. The lowest BCUT2D eigenvalue weighted by atomic mass is 10.1. The van der Waals surface area contributed by atoms with Crippen LogP contribution in [0.1, 0.15) is 42.6 Å². The Kier molecular flexibility index (Phi) is 8.27. The van der Waals surface area contributed by atoms with E-state index in [-0.39, 0.29) is 43.3 Å². The Morgan fingerprint density at radius 3 is 2.52 bits per heavy atom. The van der Waals surface area contributed by atoms with Gasteiger partial charge in [-0.1, -0.05) is 20.8 Å². The fourth-order valence-corrected chi connectivity index (χ4v) is 8.08. The zero-order valence-electron chi connectivity index (χ0n) is 23.5. The van der Waals surface area contributed by atoms with Crippen molar-refractivity contribution in [1.29, 1.82) is 0 Å². The number of thiazole rings is 1. The number of hydrogen-bond donors (Lipinski definition) is 1. The Labute approximate surface area is 239 Å². The van der Waals surface area contributed by atoms with E-state index in [9.17, 15) is 18.0 Å². The predicted molar refractivity (Wildman–Crippen MR) is 153 cm³/mol. The SMILES string of the molecule is Cn1cc(-c2cc(C(=O)N3CC[C@@H](O[Si](C)(C)C(C)(C)C)C3)cc(S(=O)(=O)c3cnc(COC(N)=O)s3)c2)cn1. The van der Waals surface area contributed by atoms with E-state index in [0.717, 1.165) is 17.8 Å². The van der Waals surface area contributed by atoms with E-state index in [4.69, 9.17) is 14.9 Å². The van der Waals surface area contributed by atoms with Crippen molar-refractivity contribution >= 4 is 41.5 Å². The first kappa shape index (κ1) is 29.9. The zero-order chi connectivity index (χ0) is 29.5. The summed E-state index contributed by atoms with van der Waals surface area (Å²) in [6.07, 6.45) is 4.26. The number of carbonyl (C=O) groups excluding carboxylic acids is 2. The molecule has 0 radical (unpaired) electrons. The lowest BCUT2D eigenvalue weighted by Gasteiger charge is -2.38. The molecule has 216 valence electrons. The molecule has 1 atom stereocenters. The summed E-state index contributed by atoms with van der Waals surface area (Å²) in [6.45, 7) is 11.7. The number of aromatic nitrogens is 3. The molecule has 0 bridgehead atoms. The second-order valence-corrected chi connectivity index (χ2v) is 19.4. The molecule has 1 saturated heterocycles. The summed E-state index contributed by atoms with van der Waals surface area (Å²) < 4.78 is 40.1. The lowest BCUT2D eigenvalue weighted by Crippen LogP contribution is -2.44. The molecule has 1 aliphatic heterocycles. The first-order valence-electron chi connectivity index (χ1n) is 12.8. The number of amides is 2. The van der Waals surface area contributed by atoms with E-state index >= 15 is 0 Å². The molecule has 1 aliphatic rings. The molecule has 2 aromatic heterocycles. The maximum atomic E-state index is 13.7. The standard InChI is InChI=1S/C26H35N5O6S2Si/c1-26(2,3)40(5,6)37-20-7-8-31(15-20)24(32)18-9-17(19-12-29-30(4)14-19)10-21(11-18)39(34,35)23-13-28-22(38-23)16-36-25(27)33/h9-14,20H,7-8,15-16H2,1-6H3,(H2,27,33)/t20-/m1/s1. The van der Waals surface area contributed by atoms with Gasteiger partial charge in [-0.3, -0.25) is 9.48 Å². The predicted octanol–water partition coefficient (Wildman–Crippen LogP) is 4.21. The summed E-state index contributed by atoms with van der Waals surface area (Å²) in [5.41, 5.74) is 6.48. The van der Waals surface area contributed by atoms with E-state index in [0.29, 0.717) is 24.2 Å². The number of carbonyl (C=O) groups is 2. The minimum absolute atomic E-state index is 0.0405. The van der Waals surface area contributed by atoms with Gasteiger partial charge in [0.25, 0.3) is 5.91 Å². The molecule has 3 aromatic rings. The van der Waals surface area contributed by atoms with Gasteiger partial charge < -0.3 is 19.8 Å². The third-order valence-corrected chi connectivity index (χ3v) is 15.0. The highest BCUT2D eigenvalue weighted by Gasteiger charge is 2.41. The van der Waals surface area contributed by atoms with Gasteiger partial charge in [0, 0.05) is 37.5 Å². The molecule has 14 heteroatoms. The highest BCUT2D eigenvalue weighted by atomic mass is 32.2. The van der Waals surface area contributed by atoms with Crippen LogP contribution < -0.4 is 5.73 Å². The van der Waals surface area contributed by atoms with Crippen molar-refractivity contribution in [3.63, 3.8) is 0 Å². The van der Waals surface area contributed by atoms with Crippen molar-refractivity contribution < 1.29 is 27.2 Å². The average molecular weight is 606 g/mol. The van der Waals surface area contributed by atoms with Crippen LogP contribution in [0, 0.1) is 0 Å². The molecular weight excluding hydrogens is 571 g/mol. The van der Waals surface area contributed by atoms with E-state index in [2.05, 4.69) is 43.9 Å². The number of benzene rings is 1. The van der Waals surface area contributed by atoms with Crippen molar-refractivity contribution in [2.45, 2.75) is 67.1 Å². The highest BCUT2D eigenvalue weighted by molar-refractivity contribution is 7.93. The molecule has 2 N–H and O–H groups in total. The van der Waals surface area contributed by atoms with Crippen molar-refractivity contribution in [3.05, 3.63) is 47.4 Å². The van der Waals surface area contributed by atoms with Crippen LogP contribution in [0.4, 0.5) is 4.79 Å². The summed E-state index contributed by atoms with van der Waals surface area (Å²) in [7, 11) is -4.30. The minimum atomic E-state index is -4.04. The van der Waals surface area contributed by atoms with Gasteiger partial charge in [0.05, 0.1) is 23.4 Å². The zero-order valence-corrected chi connectivity index (χ0v) is 26.1. The Balaban J connectivity index is 1.65. The third kappa shape index (κ3) is 6.45. The van der Waals surface area contributed by atoms with Crippen molar-refractivity contribution in [3.8, 4) is 11.1 Å². The van der Waals surface area contributed by atoms with Gasteiger partial charge in [-0.2, -0.15) is 5.10 Å². The molecule has 40 heavy (non-hydrogen) atoms. The number of primary amides is 1. The van der Waals surface area contributed by atoms with Crippen molar-refractivity contribution in [2.24, 2.45) is 12.8 Å². The molecule has 2 amide bonds. The molecule has 3 heterocycles. The maximum absolute atomic E-state index is 13.7. The van der Waals surface area contributed by atoms with E-state index < -0.39 is 24.2 Å². The Hall–Kier alpha value is -3.07. The molecule has 0 spiro atoms. The fourth-order valence-electron chi connectivity index (χ4n) is 4.13. The van der Waals surface area contributed by atoms with Gasteiger partial charge >= 0.3 is 6.09 Å². The second-order valence-electron chi connectivity index (χ2n) is 11.4. The summed E-state index contributed by atoms with van der Waals surface area (Å²) in [6, 6.07) is 4.62. The molecule has 0 unspecified atom stereocenters. The van der Waals surface area contributed by atoms with Crippen LogP contribution in [0.2, 0.25) is 18.1 Å². The number of sulfone groups is 1. The van der Waals surface area contributed by atoms with Crippen LogP contribution in [-0.4, -0.2) is 67.6 Å².